The summed E-state index contributed by atoms with van der Waals surface area (Å²) in [5, 5.41) is 3.58. The molecular weight excluding hydrogens is 270 g/mol. The van der Waals surface area contributed by atoms with Crippen LogP contribution in [0.2, 0.25) is 5.02 Å². The lowest BCUT2D eigenvalue weighted by atomic mass is 10.1. The molecule has 0 unspecified atom stereocenters. The maximum Gasteiger partial charge on any atom is 0.244 e. The van der Waals surface area contributed by atoms with Crippen LogP contribution >= 0.6 is 11.6 Å². The van der Waals surface area contributed by atoms with Crippen molar-refractivity contribution in [2.75, 3.05) is 0 Å². The summed E-state index contributed by atoms with van der Waals surface area (Å²) in [5.41, 5.74) is 1.98. The topological polar surface area (TPSA) is 29.1 Å². The minimum absolute atomic E-state index is 0.0818. The molecule has 0 aliphatic carbocycles. The lowest BCUT2D eigenvalue weighted by Crippen LogP contribution is -2.24. The van der Waals surface area contributed by atoms with E-state index in [1.807, 2.05) is 61.5 Å². The van der Waals surface area contributed by atoms with Gasteiger partial charge in [0, 0.05) is 11.1 Å². The quantitative estimate of drug-likeness (QED) is 0.837. The van der Waals surface area contributed by atoms with Gasteiger partial charge in [-0.1, -0.05) is 54.1 Å². The molecule has 3 heteroatoms. The van der Waals surface area contributed by atoms with Crippen LogP contribution in [0.25, 0.3) is 6.08 Å². The maximum atomic E-state index is 11.9. The number of hydrogen-bond donors (Lipinski definition) is 1. The molecule has 0 fully saturated rings. The van der Waals surface area contributed by atoms with E-state index in [0.717, 1.165) is 11.1 Å². The van der Waals surface area contributed by atoms with Crippen LogP contribution in [0.4, 0.5) is 0 Å². The van der Waals surface area contributed by atoms with Gasteiger partial charge in [0.25, 0.3) is 0 Å². The highest BCUT2D eigenvalue weighted by Gasteiger charge is 2.07. The summed E-state index contributed by atoms with van der Waals surface area (Å²) in [6.07, 6.45) is 3.33. The molecule has 102 valence electrons. The average molecular weight is 286 g/mol. The first-order valence-corrected chi connectivity index (χ1v) is 6.82. The molecule has 0 aliphatic rings. The van der Waals surface area contributed by atoms with Gasteiger partial charge in [0.05, 0.1) is 6.04 Å². The van der Waals surface area contributed by atoms with E-state index < -0.39 is 0 Å². The second-order valence-corrected chi connectivity index (χ2v) is 4.97. The highest BCUT2D eigenvalue weighted by atomic mass is 35.5. The molecule has 1 atom stereocenters. The lowest BCUT2D eigenvalue weighted by Gasteiger charge is -2.13. The maximum absolute atomic E-state index is 11.9. The van der Waals surface area contributed by atoms with Crippen molar-refractivity contribution in [3.05, 3.63) is 76.8 Å². The first-order chi connectivity index (χ1) is 9.65. The standard InChI is InChI=1S/C17H16ClNO/c1-13(15-8-5-9-16(18)12-15)19-17(20)11-10-14-6-3-2-4-7-14/h2-13H,1H3,(H,19,20)/b11-10+/t13-/m1/s1. The molecule has 20 heavy (non-hydrogen) atoms. The van der Waals surface area contributed by atoms with Crippen LogP contribution in [-0.4, -0.2) is 5.91 Å². The van der Waals surface area contributed by atoms with Crippen LogP contribution in [0.5, 0.6) is 0 Å². The van der Waals surface area contributed by atoms with Crippen molar-refractivity contribution >= 4 is 23.6 Å². The van der Waals surface area contributed by atoms with Gasteiger partial charge in [-0.2, -0.15) is 0 Å². The van der Waals surface area contributed by atoms with Gasteiger partial charge in [-0.15, -0.1) is 0 Å². The Kier molecular flexibility index (Phi) is 4.97. The molecule has 0 aliphatic heterocycles. The van der Waals surface area contributed by atoms with Crippen molar-refractivity contribution in [3.63, 3.8) is 0 Å². The summed E-state index contributed by atoms with van der Waals surface area (Å²) in [4.78, 5) is 11.9. The molecule has 2 aromatic carbocycles. The Morgan fingerprint density at radius 3 is 2.60 bits per heavy atom. The van der Waals surface area contributed by atoms with E-state index in [2.05, 4.69) is 5.32 Å². The summed E-state index contributed by atoms with van der Waals surface area (Å²) >= 11 is 5.94. The molecule has 2 aromatic rings. The van der Waals surface area contributed by atoms with Crippen LogP contribution in [0, 0.1) is 0 Å². The average Bonchev–Trinajstić information content (AvgIpc) is 2.46. The number of halogens is 1. The van der Waals surface area contributed by atoms with Crippen LogP contribution in [0.15, 0.2) is 60.7 Å². The fourth-order valence-corrected chi connectivity index (χ4v) is 2.06. The fourth-order valence-electron chi connectivity index (χ4n) is 1.86. The van der Waals surface area contributed by atoms with E-state index in [4.69, 9.17) is 11.6 Å². The number of carbonyl (C=O) groups excluding carboxylic acids is 1. The van der Waals surface area contributed by atoms with Crippen molar-refractivity contribution in [3.8, 4) is 0 Å². The molecule has 0 saturated carbocycles. The summed E-state index contributed by atoms with van der Waals surface area (Å²) in [6.45, 7) is 1.93. The third kappa shape index (κ3) is 4.25. The minimum Gasteiger partial charge on any atom is -0.346 e. The number of amides is 1. The molecule has 0 bridgehead atoms. The normalized spacial score (nSPS) is 12.3. The molecule has 0 saturated heterocycles. The van der Waals surface area contributed by atoms with E-state index in [-0.39, 0.29) is 11.9 Å². The largest absolute Gasteiger partial charge is 0.346 e. The van der Waals surface area contributed by atoms with E-state index in [1.54, 1.807) is 6.08 Å². The van der Waals surface area contributed by atoms with Crippen molar-refractivity contribution in [1.29, 1.82) is 0 Å². The Bertz CT molecular complexity index is 607. The zero-order valence-corrected chi connectivity index (χ0v) is 12.0. The second-order valence-electron chi connectivity index (χ2n) is 4.53. The number of benzene rings is 2. The Hall–Kier alpha value is -2.06. The molecule has 2 nitrogen and oxygen atoms in total. The van der Waals surface area contributed by atoms with Crippen LogP contribution in [0.3, 0.4) is 0 Å². The zero-order valence-electron chi connectivity index (χ0n) is 11.2. The van der Waals surface area contributed by atoms with Crippen LogP contribution in [-0.2, 0) is 4.79 Å². The first kappa shape index (κ1) is 14.4. The van der Waals surface area contributed by atoms with E-state index in [1.165, 1.54) is 6.08 Å². The molecule has 2 rings (SSSR count). The summed E-state index contributed by atoms with van der Waals surface area (Å²) < 4.78 is 0. The van der Waals surface area contributed by atoms with E-state index in [0.29, 0.717) is 5.02 Å². The molecule has 0 heterocycles. The van der Waals surface area contributed by atoms with Gasteiger partial charge in [-0.3, -0.25) is 4.79 Å². The van der Waals surface area contributed by atoms with Gasteiger partial charge in [0.1, 0.15) is 0 Å². The number of rotatable bonds is 4. The predicted molar refractivity (Wildman–Crippen MR) is 83.5 cm³/mol. The smallest absolute Gasteiger partial charge is 0.244 e. The van der Waals surface area contributed by atoms with Gasteiger partial charge >= 0.3 is 0 Å². The van der Waals surface area contributed by atoms with Crippen molar-refractivity contribution in [2.45, 2.75) is 13.0 Å². The Morgan fingerprint density at radius 2 is 1.90 bits per heavy atom. The SMILES string of the molecule is C[C@@H](NC(=O)/C=C/c1ccccc1)c1cccc(Cl)c1. The number of hydrogen-bond acceptors (Lipinski definition) is 1. The lowest BCUT2D eigenvalue weighted by molar-refractivity contribution is -0.117. The third-order valence-corrected chi connectivity index (χ3v) is 3.17. The predicted octanol–water partition coefficient (Wildman–Crippen LogP) is 4.23. The van der Waals surface area contributed by atoms with Gasteiger partial charge in [-0.05, 0) is 36.3 Å². The minimum atomic E-state index is -0.124. The molecule has 1 N–H and O–H groups in total. The van der Waals surface area contributed by atoms with Crippen LogP contribution < -0.4 is 5.32 Å². The van der Waals surface area contributed by atoms with Crippen LogP contribution in [0.1, 0.15) is 24.1 Å². The Morgan fingerprint density at radius 1 is 1.15 bits per heavy atom. The highest BCUT2D eigenvalue weighted by molar-refractivity contribution is 6.30. The number of nitrogens with one attached hydrogen (secondary N) is 1. The fraction of sp³-hybridized carbons (Fsp3) is 0.118. The Labute approximate surface area is 124 Å². The summed E-state index contributed by atoms with van der Waals surface area (Å²) in [6, 6.07) is 17.1. The summed E-state index contributed by atoms with van der Waals surface area (Å²) in [7, 11) is 0. The number of carbonyl (C=O) groups is 1. The monoisotopic (exact) mass is 285 g/mol. The van der Waals surface area contributed by atoms with Gasteiger partial charge in [0.15, 0.2) is 0 Å². The van der Waals surface area contributed by atoms with Gasteiger partial charge in [-0.25, -0.2) is 0 Å². The van der Waals surface area contributed by atoms with Gasteiger partial charge in [0.2, 0.25) is 5.91 Å². The highest BCUT2D eigenvalue weighted by Crippen LogP contribution is 2.17. The molecule has 0 aromatic heterocycles. The Balaban J connectivity index is 1.96. The molecule has 0 radical (unpaired) electrons. The zero-order chi connectivity index (χ0) is 14.4. The second kappa shape index (κ2) is 6.92. The van der Waals surface area contributed by atoms with E-state index >= 15 is 0 Å². The van der Waals surface area contributed by atoms with Crippen molar-refractivity contribution in [2.24, 2.45) is 0 Å². The summed E-state index contributed by atoms with van der Waals surface area (Å²) in [5.74, 6) is -0.124. The molecule has 0 spiro atoms. The first-order valence-electron chi connectivity index (χ1n) is 6.44. The van der Waals surface area contributed by atoms with Crippen molar-refractivity contribution < 1.29 is 4.79 Å². The third-order valence-electron chi connectivity index (χ3n) is 2.93. The molecular formula is C17H16ClNO. The van der Waals surface area contributed by atoms with Crippen molar-refractivity contribution in [1.82, 2.24) is 5.32 Å². The molecule has 1 amide bonds. The van der Waals surface area contributed by atoms with Gasteiger partial charge < -0.3 is 5.32 Å². The van der Waals surface area contributed by atoms with E-state index in [9.17, 15) is 4.79 Å².